The molecule has 0 aliphatic carbocycles. The summed E-state index contributed by atoms with van der Waals surface area (Å²) in [6.45, 7) is 9.49. The zero-order valence-electron chi connectivity index (χ0n) is 24.4. The standard InChI is InChI=1S/C30H53F2O5P/c1-5-8-9-17-20-26(4)25-35-28-22-21-27(29(31)30(28)32)34-23-18-15-13-11-10-12-14-16-19-24-38(33,36-6-2)37-7-3/h21-22,26H,5-20,23-25H2,1-4H3/t26-/m0/s1. The minimum atomic E-state index is -2.90. The summed E-state index contributed by atoms with van der Waals surface area (Å²) in [4.78, 5) is 0. The summed E-state index contributed by atoms with van der Waals surface area (Å²) in [5.41, 5.74) is 0. The van der Waals surface area contributed by atoms with E-state index in [-0.39, 0.29) is 11.5 Å². The molecule has 0 fully saturated rings. The number of hydrogen-bond acceptors (Lipinski definition) is 5. The maximum atomic E-state index is 14.4. The molecule has 0 saturated carbocycles. The van der Waals surface area contributed by atoms with Crippen LogP contribution in [0, 0.1) is 17.6 Å². The highest BCUT2D eigenvalue weighted by atomic mass is 31.2. The maximum absolute atomic E-state index is 14.4. The molecule has 0 bridgehead atoms. The van der Waals surface area contributed by atoms with Crippen molar-refractivity contribution in [2.45, 2.75) is 118 Å². The minimum absolute atomic E-state index is 0.0483. The van der Waals surface area contributed by atoms with E-state index in [0.717, 1.165) is 70.6 Å². The van der Waals surface area contributed by atoms with Gasteiger partial charge in [-0.05, 0) is 51.2 Å². The van der Waals surface area contributed by atoms with Gasteiger partial charge in [-0.2, -0.15) is 8.78 Å². The number of ether oxygens (including phenoxy) is 2. The summed E-state index contributed by atoms with van der Waals surface area (Å²) in [5, 5.41) is 0. The Hall–Kier alpha value is -1.17. The molecule has 0 N–H and O–H groups in total. The Kier molecular flexibility index (Phi) is 19.8. The molecule has 1 rings (SSSR count). The van der Waals surface area contributed by atoms with Crippen LogP contribution in [0.25, 0.3) is 0 Å². The van der Waals surface area contributed by atoms with E-state index in [1.807, 2.05) is 13.8 Å². The van der Waals surface area contributed by atoms with Crippen molar-refractivity contribution in [3.63, 3.8) is 0 Å². The van der Waals surface area contributed by atoms with Gasteiger partial charge in [0.2, 0.25) is 11.6 Å². The van der Waals surface area contributed by atoms with Gasteiger partial charge in [0.05, 0.1) is 32.6 Å². The smallest absolute Gasteiger partial charge is 0.330 e. The zero-order valence-corrected chi connectivity index (χ0v) is 25.3. The Morgan fingerprint density at radius 3 is 1.76 bits per heavy atom. The molecule has 0 unspecified atom stereocenters. The zero-order chi connectivity index (χ0) is 28.1. The van der Waals surface area contributed by atoms with E-state index < -0.39 is 19.2 Å². The van der Waals surface area contributed by atoms with Crippen molar-refractivity contribution < 1.29 is 31.9 Å². The number of hydrogen-bond donors (Lipinski definition) is 0. The van der Waals surface area contributed by atoms with Crippen LogP contribution in [0.5, 0.6) is 11.5 Å². The quantitative estimate of drug-likeness (QED) is 0.0876. The van der Waals surface area contributed by atoms with E-state index in [4.69, 9.17) is 18.5 Å². The van der Waals surface area contributed by atoms with Crippen LogP contribution in [-0.4, -0.2) is 32.6 Å². The topological polar surface area (TPSA) is 54.0 Å². The molecule has 0 aliphatic rings. The first kappa shape index (κ1) is 34.9. The van der Waals surface area contributed by atoms with Gasteiger partial charge in [0.1, 0.15) is 0 Å². The van der Waals surface area contributed by atoms with Crippen LogP contribution in [-0.2, 0) is 13.6 Å². The molecule has 0 radical (unpaired) electrons. The van der Waals surface area contributed by atoms with Gasteiger partial charge in [-0.3, -0.25) is 4.57 Å². The molecular formula is C30H53F2O5P. The lowest BCUT2D eigenvalue weighted by atomic mass is 10.0. The van der Waals surface area contributed by atoms with Crippen LogP contribution in [0.2, 0.25) is 0 Å². The second kappa shape index (κ2) is 21.6. The van der Waals surface area contributed by atoms with Crippen molar-refractivity contribution in [1.82, 2.24) is 0 Å². The molecule has 222 valence electrons. The van der Waals surface area contributed by atoms with Crippen LogP contribution in [0.15, 0.2) is 12.1 Å². The minimum Gasteiger partial charge on any atom is -0.490 e. The summed E-state index contributed by atoms with van der Waals surface area (Å²) in [5.74, 6) is -1.75. The molecule has 1 aromatic carbocycles. The van der Waals surface area contributed by atoms with Crippen molar-refractivity contribution in [2.24, 2.45) is 5.92 Å². The molecule has 1 aromatic rings. The van der Waals surface area contributed by atoms with Crippen LogP contribution < -0.4 is 9.47 Å². The predicted octanol–water partition coefficient (Wildman–Crippen LogP) is 10.1. The lowest BCUT2D eigenvalue weighted by molar-refractivity contribution is 0.219. The van der Waals surface area contributed by atoms with Crippen LogP contribution in [0.4, 0.5) is 8.78 Å². The van der Waals surface area contributed by atoms with Crippen molar-refractivity contribution >= 4 is 7.60 Å². The maximum Gasteiger partial charge on any atom is 0.330 e. The summed E-state index contributed by atoms with van der Waals surface area (Å²) in [6.07, 6.45) is 15.6. The van der Waals surface area contributed by atoms with E-state index in [2.05, 4.69) is 13.8 Å². The third kappa shape index (κ3) is 15.4. The fourth-order valence-corrected chi connectivity index (χ4v) is 6.09. The highest BCUT2D eigenvalue weighted by molar-refractivity contribution is 7.53. The Morgan fingerprint density at radius 1 is 0.711 bits per heavy atom. The van der Waals surface area contributed by atoms with Crippen molar-refractivity contribution in [3.8, 4) is 11.5 Å². The molecule has 0 aromatic heterocycles. The number of rotatable bonds is 25. The van der Waals surface area contributed by atoms with Crippen molar-refractivity contribution in [3.05, 3.63) is 23.8 Å². The summed E-state index contributed by atoms with van der Waals surface area (Å²) in [7, 11) is -2.90. The van der Waals surface area contributed by atoms with Crippen LogP contribution in [0.3, 0.4) is 0 Å². The van der Waals surface area contributed by atoms with Gasteiger partial charge in [-0.25, -0.2) is 0 Å². The average Bonchev–Trinajstić information content (AvgIpc) is 2.89. The Balaban J connectivity index is 2.13. The van der Waals surface area contributed by atoms with Gasteiger partial charge < -0.3 is 18.5 Å². The highest BCUT2D eigenvalue weighted by Crippen LogP contribution is 2.48. The van der Waals surface area contributed by atoms with Gasteiger partial charge in [0, 0.05) is 0 Å². The summed E-state index contributed by atoms with van der Waals surface area (Å²) >= 11 is 0. The second-order valence-corrected chi connectivity index (χ2v) is 12.3. The van der Waals surface area contributed by atoms with E-state index in [9.17, 15) is 13.3 Å². The van der Waals surface area contributed by atoms with E-state index in [1.54, 1.807) is 0 Å². The Labute approximate surface area is 230 Å². The van der Waals surface area contributed by atoms with E-state index in [0.29, 0.717) is 38.5 Å². The first-order valence-electron chi connectivity index (χ1n) is 15.0. The number of unbranched alkanes of at least 4 members (excludes halogenated alkanes) is 11. The lowest BCUT2D eigenvalue weighted by Crippen LogP contribution is -2.10. The molecule has 38 heavy (non-hydrogen) atoms. The molecular weight excluding hydrogens is 509 g/mol. The molecule has 0 heterocycles. The van der Waals surface area contributed by atoms with Gasteiger partial charge in [0.25, 0.3) is 0 Å². The third-order valence-corrected chi connectivity index (χ3v) is 8.74. The van der Waals surface area contributed by atoms with Crippen LogP contribution >= 0.6 is 7.60 Å². The number of halogens is 2. The Morgan fingerprint density at radius 2 is 1.21 bits per heavy atom. The van der Waals surface area contributed by atoms with Gasteiger partial charge in [-0.1, -0.05) is 84.5 Å². The molecule has 5 nitrogen and oxygen atoms in total. The fraction of sp³-hybridized carbons (Fsp3) is 0.800. The average molecular weight is 563 g/mol. The van der Waals surface area contributed by atoms with E-state index in [1.165, 1.54) is 31.4 Å². The molecule has 8 heteroatoms. The number of benzene rings is 1. The fourth-order valence-electron chi connectivity index (χ4n) is 4.36. The second-order valence-electron chi connectivity index (χ2n) is 10.2. The largest absolute Gasteiger partial charge is 0.490 e. The van der Waals surface area contributed by atoms with Crippen molar-refractivity contribution in [2.75, 3.05) is 32.6 Å². The molecule has 0 amide bonds. The summed E-state index contributed by atoms with van der Waals surface area (Å²) in [6, 6.07) is 2.92. The van der Waals surface area contributed by atoms with Crippen LogP contribution in [0.1, 0.15) is 118 Å². The van der Waals surface area contributed by atoms with E-state index >= 15 is 0 Å². The SMILES string of the molecule is CCCCCC[C@H](C)COc1ccc(OCCCCCCCCCCCP(=O)(OCC)OCC)c(F)c1F. The molecule has 0 saturated heterocycles. The monoisotopic (exact) mass is 562 g/mol. The van der Waals surface area contributed by atoms with Gasteiger partial charge in [0.15, 0.2) is 11.5 Å². The molecule has 1 atom stereocenters. The first-order chi connectivity index (χ1) is 18.4. The summed E-state index contributed by atoms with van der Waals surface area (Å²) < 4.78 is 62.9. The normalized spacial score (nSPS) is 12.6. The highest BCUT2D eigenvalue weighted by Gasteiger charge is 2.22. The lowest BCUT2D eigenvalue weighted by Gasteiger charge is -2.16. The first-order valence-corrected chi connectivity index (χ1v) is 16.7. The molecule has 0 spiro atoms. The molecule has 0 aliphatic heterocycles. The van der Waals surface area contributed by atoms with Crippen molar-refractivity contribution in [1.29, 1.82) is 0 Å². The predicted molar refractivity (Wildman–Crippen MR) is 153 cm³/mol. The van der Waals surface area contributed by atoms with Gasteiger partial charge >= 0.3 is 7.60 Å². The third-order valence-electron chi connectivity index (χ3n) is 6.57. The van der Waals surface area contributed by atoms with Gasteiger partial charge in [-0.15, -0.1) is 0 Å². The Bertz CT molecular complexity index is 767.